The standard InChI is InChI=1S/C10H22NO5P.C3H4/c1-3-10(12)11-8-6-4-5-7-9-16-17(13,14)15-2;1-3-2/h3-9H2,1-2H3,(H,11,12)(H,13,14);1H,2H3/p-1. The van der Waals surface area contributed by atoms with Crippen molar-refractivity contribution in [2.24, 2.45) is 0 Å². The van der Waals surface area contributed by atoms with Crippen molar-refractivity contribution in [2.45, 2.75) is 46.0 Å². The van der Waals surface area contributed by atoms with Crippen molar-refractivity contribution in [3.8, 4) is 12.3 Å². The maximum absolute atomic E-state index is 10.9. The van der Waals surface area contributed by atoms with E-state index in [1.807, 2.05) is 6.92 Å². The summed E-state index contributed by atoms with van der Waals surface area (Å²) in [5.41, 5.74) is 0. The summed E-state index contributed by atoms with van der Waals surface area (Å²) in [6.45, 7) is 4.28. The van der Waals surface area contributed by atoms with E-state index in [9.17, 15) is 14.3 Å². The number of hydrogen-bond donors (Lipinski definition) is 1. The van der Waals surface area contributed by atoms with E-state index >= 15 is 0 Å². The molecule has 0 heterocycles. The summed E-state index contributed by atoms with van der Waals surface area (Å²) in [5.74, 6) is 2.31. The van der Waals surface area contributed by atoms with Gasteiger partial charge in [0.05, 0.1) is 6.61 Å². The molecule has 0 aliphatic heterocycles. The summed E-state index contributed by atoms with van der Waals surface area (Å²) >= 11 is 0. The SMILES string of the molecule is C#CC.CCC(=O)NCCCCCCOP(=O)([O-])OC. The summed E-state index contributed by atoms with van der Waals surface area (Å²) < 4.78 is 19.5. The molecular weight excluding hydrogens is 281 g/mol. The van der Waals surface area contributed by atoms with Crippen LogP contribution in [0.3, 0.4) is 0 Å². The van der Waals surface area contributed by atoms with Crippen molar-refractivity contribution < 1.29 is 23.3 Å². The Labute approximate surface area is 121 Å². The van der Waals surface area contributed by atoms with Crippen LogP contribution in [-0.4, -0.2) is 26.2 Å². The Bertz CT molecular complexity index is 327. The molecule has 0 fully saturated rings. The Hall–Kier alpha value is -0.860. The van der Waals surface area contributed by atoms with Gasteiger partial charge in [-0.1, -0.05) is 19.8 Å². The number of phosphoric acid groups is 1. The largest absolute Gasteiger partial charge is 0.756 e. The number of hydrogen-bond acceptors (Lipinski definition) is 5. The number of rotatable bonds is 10. The van der Waals surface area contributed by atoms with Gasteiger partial charge in [0.25, 0.3) is 7.82 Å². The molecule has 1 amide bonds. The van der Waals surface area contributed by atoms with Crippen LogP contribution < -0.4 is 10.2 Å². The number of nitrogens with one attached hydrogen (secondary N) is 1. The lowest BCUT2D eigenvalue weighted by Crippen LogP contribution is -2.23. The zero-order valence-corrected chi connectivity index (χ0v) is 13.4. The van der Waals surface area contributed by atoms with Crippen molar-refractivity contribution in [1.29, 1.82) is 0 Å². The van der Waals surface area contributed by atoms with Gasteiger partial charge >= 0.3 is 0 Å². The molecule has 6 nitrogen and oxygen atoms in total. The summed E-state index contributed by atoms with van der Waals surface area (Å²) in [4.78, 5) is 21.7. The van der Waals surface area contributed by atoms with Gasteiger partial charge in [-0.05, 0) is 19.8 Å². The third-order valence-corrected chi connectivity index (χ3v) is 3.13. The van der Waals surface area contributed by atoms with E-state index in [1.165, 1.54) is 0 Å². The zero-order valence-electron chi connectivity index (χ0n) is 12.5. The molecule has 0 aromatic rings. The number of amides is 1. The first kappa shape index (κ1) is 21.4. The van der Waals surface area contributed by atoms with Gasteiger partial charge < -0.3 is 19.3 Å². The Balaban J connectivity index is 0. The van der Waals surface area contributed by atoms with Crippen LogP contribution in [0.5, 0.6) is 0 Å². The minimum atomic E-state index is -4.06. The van der Waals surface area contributed by atoms with Crippen LogP contribution in [0.15, 0.2) is 0 Å². The Morgan fingerprint density at radius 2 is 1.90 bits per heavy atom. The van der Waals surface area contributed by atoms with Crippen LogP contribution in [0.2, 0.25) is 0 Å². The maximum atomic E-state index is 10.9. The molecule has 1 unspecified atom stereocenters. The van der Waals surface area contributed by atoms with E-state index in [0.717, 1.165) is 26.4 Å². The first-order valence-corrected chi connectivity index (χ1v) is 8.04. The van der Waals surface area contributed by atoms with Crippen LogP contribution in [0.4, 0.5) is 0 Å². The van der Waals surface area contributed by atoms with Crippen molar-refractivity contribution in [3.05, 3.63) is 0 Å². The lowest BCUT2D eigenvalue weighted by atomic mass is 10.2. The second-order valence-electron chi connectivity index (χ2n) is 3.87. The van der Waals surface area contributed by atoms with E-state index in [0.29, 0.717) is 19.4 Å². The second-order valence-corrected chi connectivity index (χ2v) is 5.39. The van der Waals surface area contributed by atoms with E-state index in [2.05, 4.69) is 26.7 Å². The summed E-state index contributed by atoms with van der Waals surface area (Å²) in [7, 11) is -2.99. The smallest absolute Gasteiger partial charge is 0.267 e. The van der Waals surface area contributed by atoms with Gasteiger partial charge in [-0.15, -0.1) is 12.3 Å². The third-order valence-electron chi connectivity index (χ3n) is 2.19. The fraction of sp³-hybridized carbons (Fsp3) is 0.769. The predicted molar refractivity (Wildman–Crippen MR) is 76.8 cm³/mol. The Morgan fingerprint density at radius 1 is 1.35 bits per heavy atom. The number of carbonyl (C=O) groups excluding carboxylic acids is 1. The molecule has 0 saturated heterocycles. The molecule has 7 heteroatoms. The van der Waals surface area contributed by atoms with Gasteiger partial charge in [0.1, 0.15) is 0 Å². The quantitative estimate of drug-likeness (QED) is 0.378. The Kier molecular flexibility index (Phi) is 15.6. The molecule has 1 N–H and O–H groups in total. The second kappa shape index (κ2) is 14.5. The molecule has 118 valence electrons. The minimum absolute atomic E-state index is 0.0562. The van der Waals surface area contributed by atoms with Gasteiger partial charge in [0.15, 0.2) is 0 Å². The predicted octanol–water partition coefficient (Wildman–Crippen LogP) is 1.84. The maximum Gasteiger partial charge on any atom is 0.267 e. The van der Waals surface area contributed by atoms with E-state index in [-0.39, 0.29) is 12.5 Å². The van der Waals surface area contributed by atoms with E-state index in [1.54, 1.807) is 6.92 Å². The van der Waals surface area contributed by atoms with E-state index < -0.39 is 7.82 Å². The van der Waals surface area contributed by atoms with Crippen LogP contribution in [-0.2, 0) is 18.4 Å². The average Bonchev–Trinajstić information content (AvgIpc) is 2.42. The van der Waals surface area contributed by atoms with Gasteiger partial charge in [-0.25, -0.2) is 0 Å². The fourth-order valence-electron chi connectivity index (χ4n) is 1.16. The molecule has 0 aromatic heterocycles. The summed E-state index contributed by atoms with van der Waals surface area (Å²) in [6.07, 6.45) is 8.46. The first-order chi connectivity index (χ1) is 9.43. The fourth-order valence-corrected chi connectivity index (χ4v) is 1.62. The highest BCUT2D eigenvalue weighted by atomic mass is 31.2. The molecule has 0 aromatic carbocycles. The van der Waals surface area contributed by atoms with Crippen LogP contribution >= 0.6 is 7.82 Å². The Morgan fingerprint density at radius 3 is 2.40 bits per heavy atom. The average molecular weight is 306 g/mol. The molecule has 0 radical (unpaired) electrons. The van der Waals surface area contributed by atoms with Crippen LogP contribution in [0.25, 0.3) is 0 Å². The monoisotopic (exact) mass is 306 g/mol. The van der Waals surface area contributed by atoms with E-state index in [4.69, 9.17) is 0 Å². The van der Waals surface area contributed by atoms with Crippen molar-refractivity contribution in [1.82, 2.24) is 5.32 Å². The van der Waals surface area contributed by atoms with Crippen molar-refractivity contribution in [2.75, 3.05) is 20.3 Å². The number of carbonyl (C=O) groups is 1. The lowest BCUT2D eigenvalue weighted by molar-refractivity contribution is -0.223. The van der Waals surface area contributed by atoms with Gasteiger partial charge in [0.2, 0.25) is 5.91 Å². The molecule has 0 spiro atoms. The highest BCUT2D eigenvalue weighted by molar-refractivity contribution is 7.45. The lowest BCUT2D eigenvalue weighted by Gasteiger charge is -2.19. The highest BCUT2D eigenvalue weighted by Gasteiger charge is 2.04. The summed E-state index contributed by atoms with van der Waals surface area (Å²) in [6, 6.07) is 0. The number of phosphoric ester groups is 1. The molecular formula is C13H25NO5P-. The normalized spacial score (nSPS) is 12.6. The first-order valence-electron chi connectivity index (χ1n) is 6.58. The van der Waals surface area contributed by atoms with Gasteiger partial charge in [-0.2, -0.15) is 0 Å². The van der Waals surface area contributed by atoms with Crippen molar-refractivity contribution in [3.63, 3.8) is 0 Å². The topological polar surface area (TPSA) is 87.7 Å². The van der Waals surface area contributed by atoms with Crippen LogP contribution in [0, 0.1) is 12.3 Å². The number of unbranched alkanes of at least 4 members (excludes halogenated alkanes) is 3. The highest BCUT2D eigenvalue weighted by Crippen LogP contribution is 2.36. The summed E-state index contributed by atoms with van der Waals surface area (Å²) in [5, 5.41) is 2.77. The molecule has 0 aliphatic carbocycles. The van der Waals surface area contributed by atoms with Gasteiger partial charge in [-0.3, -0.25) is 9.36 Å². The van der Waals surface area contributed by atoms with Crippen LogP contribution in [0.1, 0.15) is 46.0 Å². The minimum Gasteiger partial charge on any atom is -0.756 e. The van der Waals surface area contributed by atoms with Gasteiger partial charge in [0, 0.05) is 20.1 Å². The molecule has 20 heavy (non-hydrogen) atoms. The molecule has 0 aliphatic rings. The van der Waals surface area contributed by atoms with Crippen molar-refractivity contribution >= 4 is 13.7 Å². The molecule has 0 bridgehead atoms. The molecule has 0 saturated carbocycles. The molecule has 1 atom stereocenters. The zero-order chi connectivity index (χ0) is 15.9. The third kappa shape index (κ3) is 17.1. The molecule has 0 rings (SSSR count). The number of terminal acetylenes is 1.